The van der Waals surface area contributed by atoms with Gasteiger partial charge in [-0.2, -0.15) is 0 Å². The molecule has 0 radical (unpaired) electrons. The van der Waals surface area contributed by atoms with Gasteiger partial charge in [-0.1, -0.05) is 30.3 Å². The van der Waals surface area contributed by atoms with E-state index >= 15 is 0 Å². The fraction of sp³-hybridized carbons (Fsp3) is 0.353. The van der Waals surface area contributed by atoms with Crippen LogP contribution >= 0.6 is 7.82 Å². The van der Waals surface area contributed by atoms with Gasteiger partial charge in [0.15, 0.2) is 24.0 Å². The van der Waals surface area contributed by atoms with Crippen LogP contribution in [0.4, 0.5) is 5.82 Å². The van der Waals surface area contributed by atoms with Gasteiger partial charge in [0.2, 0.25) is 0 Å². The van der Waals surface area contributed by atoms with E-state index < -0.39 is 38.7 Å². The summed E-state index contributed by atoms with van der Waals surface area (Å²) in [6.07, 6.45) is -0.610. The zero-order chi connectivity index (χ0) is 20.9. The van der Waals surface area contributed by atoms with Gasteiger partial charge in [0.1, 0.15) is 30.2 Å². The number of hydrogen-bond donors (Lipinski definition) is 3. The summed E-state index contributed by atoms with van der Waals surface area (Å²) >= 11 is 0. The monoisotopic (exact) mass is 435 g/mol. The van der Waals surface area contributed by atoms with Crippen LogP contribution in [0.15, 0.2) is 43.0 Å². The van der Waals surface area contributed by atoms with Crippen molar-refractivity contribution in [2.24, 2.45) is 0 Å². The van der Waals surface area contributed by atoms with Crippen molar-refractivity contribution in [3.05, 3.63) is 48.5 Å². The van der Waals surface area contributed by atoms with Crippen molar-refractivity contribution in [2.45, 2.75) is 30.8 Å². The lowest BCUT2D eigenvalue weighted by Gasteiger charge is -2.21. The molecule has 4 heterocycles. The topological polar surface area (TPSA) is 164 Å². The molecule has 5 rings (SSSR count). The summed E-state index contributed by atoms with van der Waals surface area (Å²) in [5, 5.41) is 0. The van der Waals surface area contributed by atoms with Crippen molar-refractivity contribution in [1.29, 1.82) is 0 Å². The third-order valence-electron chi connectivity index (χ3n) is 4.99. The first-order valence-corrected chi connectivity index (χ1v) is 10.6. The van der Waals surface area contributed by atoms with E-state index in [-0.39, 0.29) is 12.4 Å². The highest BCUT2D eigenvalue weighted by atomic mass is 31.2. The number of ether oxygens (including phenoxy) is 3. The van der Waals surface area contributed by atoms with Gasteiger partial charge < -0.3 is 29.7 Å². The van der Waals surface area contributed by atoms with E-state index in [2.05, 4.69) is 19.5 Å². The average molecular weight is 435 g/mol. The fourth-order valence-electron chi connectivity index (χ4n) is 3.69. The zero-order valence-electron chi connectivity index (χ0n) is 15.4. The van der Waals surface area contributed by atoms with Gasteiger partial charge in [-0.15, -0.1) is 0 Å². The molecule has 1 aromatic carbocycles. The molecule has 30 heavy (non-hydrogen) atoms. The van der Waals surface area contributed by atoms with Crippen LogP contribution in [0, 0.1) is 0 Å². The second kappa shape index (κ2) is 7.36. The highest BCUT2D eigenvalue weighted by molar-refractivity contribution is 7.46. The first-order valence-electron chi connectivity index (χ1n) is 9.05. The summed E-state index contributed by atoms with van der Waals surface area (Å²) in [4.78, 5) is 30.6. The highest BCUT2D eigenvalue weighted by Gasteiger charge is 2.54. The molecule has 4 N–H and O–H groups in total. The summed E-state index contributed by atoms with van der Waals surface area (Å²) in [7, 11) is -4.69. The molecule has 1 unspecified atom stereocenters. The molecule has 3 aromatic rings. The van der Waals surface area contributed by atoms with Crippen molar-refractivity contribution in [3.8, 4) is 0 Å². The van der Waals surface area contributed by atoms with Crippen LogP contribution < -0.4 is 5.73 Å². The number of imidazole rings is 1. The molecule has 13 heteroatoms. The Balaban J connectivity index is 1.48. The second-order valence-corrected chi connectivity index (χ2v) is 8.12. The van der Waals surface area contributed by atoms with Gasteiger partial charge in [0.05, 0.1) is 12.9 Å². The summed E-state index contributed by atoms with van der Waals surface area (Å²) in [5.41, 5.74) is 7.52. The smallest absolute Gasteiger partial charge is 0.382 e. The molecule has 0 bridgehead atoms. The van der Waals surface area contributed by atoms with Crippen LogP contribution in [0.3, 0.4) is 0 Å². The van der Waals surface area contributed by atoms with Crippen LogP contribution in [-0.2, 0) is 23.3 Å². The molecule has 2 aliphatic rings. The van der Waals surface area contributed by atoms with Crippen LogP contribution in [0.25, 0.3) is 11.2 Å². The molecular weight excluding hydrogens is 417 g/mol. The number of nitrogens with zero attached hydrogens (tertiary/aromatic N) is 4. The fourth-order valence-corrected chi connectivity index (χ4v) is 4.03. The normalized spacial score (nSPS) is 28.8. The van der Waals surface area contributed by atoms with Crippen molar-refractivity contribution in [2.75, 3.05) is 12.3 Å². The van der Waals surface area contributed by atoms with Crippen LogP contribution in [0.5, 0.6) is 0 Å². The Morgan fingerprint density at radius 3 is 2.63 bits per heavy atom. The molecule has 2 aliphatic heterocycles. The first kappa shape index (κ1) is 19.5. The number of phosphoric ester groups is 1. The average Bonchev–Trinajstić information content (AvgIpc) is 3.40. The molecule has 0 aliphatic carbocycles. The minimum Gasteiger partial charge on any atom is -0.382 e. The molecule has 158 valence electrons. The summed E-state index contributed by atoms with van der Waals surface area (Å²) in [6.45, 7) is -0.378. The lowest BCUT2D eigenvalue weighted by molar-refractivity contribution is -0.152. The van der Waals surface area contributed by atoms with Crippen molar-refractivity contribution >= 4 is 24.8 Å². The number of aromatic nitrogens is 4. The van der Waals surface area contributed by atoms with Crippen molar-refractivity contribution in [3.63, 3.8) is 0 Å². The molecule has 0 saturated carbocycles. The predicted molar refractivity (Wildman–Crippen MR) is 101 cm³/mol. The minimum atomic E-state index is -4.69. The zero-order valence-corrected chi connectivity index (χ0v) is 16.3. The van der Waals surface area contributed by atoms with E-state index in [9.17, 15) is 4.57 Å². The van der Waals surface area contributed by atoms with Crippen LogP contribution in [0.1, 0.15) is 18.1 Å². The van der Waals surface area contributed by atoms with Gasteiger partial charge in [0.25, 0.3) is 0 Å². The van der Waals surface area contributed by atoms with E-state index in [1.165, 1.54) is 12.7 Å². The molecule has 2 fully saturated rings. The maximum absolute atomic E-state index is 11.2. The number of benzene rings is 1. The largest absolute Gasteiger partial charge is 0.469 e. The number of hydrogen-bond acceptors (Lipinski definition) is 9. The summed E-state index contributed by atoms with van der Waals surface area (Å²) < 4.78 is 35.7. The molecule has 12 nitrogen and oxygen atoms in total. The number of nitrogen functional groups attached to an aromatic ring is 1. The Kier molecular flexibility index (Phi) is 4.79. The maximum Gasteiger partial charge on any atom is 0.469 e. The third-order valence-corrected chi connectivity index (χ3v) is 5.47. The number of fused-ring (bicyclic) bond motifs is 2. The van der Waals surface area contributed by atoms with Crippen LogP contribution in [0.2, 0.25) is 0 Å². The Hall–Kier alpha value is -2.44. The van der Waals surface area contributed by atoms with Crippen molar-refractivity contribution < 1.29 is 33.1 Å². The van der Waals surface area contributed by atoms with E-state index in [0.717, 1.165) is 5.56 Å². The number of anilines is 1. The third kappa shape index (κ3) is 3.48. The summed E-state index contributed by atoms with van der Waals surface area (Å²) in [5.74, 6) is 0.223. The number of rotatable bonds is 5. The highest BCUT2D eigenvalue weighted by Crippen LogP contribution is 2.46. The molecule has 2 aromatic heterocycles. The molecule has 0 spiro atoms. The first-order chi connectivity index (χ1) is 14.4. The SMILES string of the molecule is Nc1ncnc2c1ncn2[C@@H]1O[C@H](COP(=O)(O)O)[C@H]2OC(c3ccccc3)O[C@H]21. The van der Waals surface area contributed by atoms with E-state index in [4.69, 9.17) is 29.7 Å². The maximum atomic E-state index is 11.2. The van der Waals surface area contributed by atoms with E-state index in [1.807, 2.05) is 30.3 Å². The van der Waals surface area contributed by atoms with Crippen LogP contribution in [-0.4, -0.2) is 54.2 Å². The molecule has 2 saturated heterocycles. The van der Waals surface area contributed by atoms with Gasteiger partial charge in [-0.25, -0.2) is 19.5 Å². The lowest BCUT2D eigenvalue weighted by Crippen LogP contribution is -2.31. The van der Waals surface area contributed by atoms with Crippen molar-refractivity contribution in [1.82, 2.24) is 19.5 Å². The molecular formula is C17H18N5O7P. The second-order valence-electron chi connectivity index (χ2n) is 6.88. The Labute approximate surface area is 169 Å². The predicted octanol–water partition coefficient (Wildman–Crippen LogP) is 0.898. The van der Waals surface area contributed by atoms with Gasteiger partial charge in [0, 0.05) is 5.56 Å². The lowest BCUT2D eigenvalue weighted by atomic mass is 10.1. The Morgan fingerprint density at radius 2 is 1.87 bits per heavy atom. The molecule has 0 amide bonds. The van der Waals surface area contributed by atoms with Gasteiger partial charge in [-0.3, -0.25) is 9.09 Å². The van der Waals surface area contributed by atoms with Gasteiger partial charge in [-0.05, 0) is 0 Å². The Morgan fingerprint density at radius 1 is 1.10 bits per heavy atom. The molecule has 5 atom stereocenters. The Bertz CT molecular complexity index is 1110. The minimum absolute atomic E-state index is 0.223. The van der Waals surface area contributed by atoms with E-state index in [0.29, 0.717) is 11.2 Å². The quantitative estimate of drug-likeness (QED) is 0.488. The standard InChI is InChI=1S/C17H18N5O7P/c18-14-11-15(20-7-19-14)22(8-21-11)16-13-12(10(27-16)6-26-30(23,24)25)28-17(29-13)9-4-2-1-3-5-9/h1-5,7-8,10,12-13,16-17H,6H2,(H2,18,19,20)(H2,23,24,25)/t10-,12-,13-,16-,17?/m1/s1. The number of phosphoric acid groups is 1. The van der Waals surface area contributed by atoms with Gasteiger partial charge >= 0.3 is 7.82 Å². The summed E-state index contributed by atoms with van der Waals surface area (Å²) in [6, 6.07) is 9.33. The number of nitrogens with two attached hydrogens (primary N) is 1. The van der Waals surface area contributed by atoms with E-state index in [1.54, 1.807) is 4.57 Å².